The summed E-state index contributed by atoms with van der Waals surface area (Å²) in [6.45, 7) is 3.81. The molecule has 5 rings (SSSR count). The molecule has 3 aromatic rings. The van der Waals surface area contributed by atoms with E-state index < -0.39 is 0 Å². The van der Waals surface area contributed by atoms with Crippen LogP contribution in [0.15, 0.2) is 53.1 Å². The third-order valence-electron chi connectivity index (χ3n) is 6.46. The fourth-order valence-corrected chi connectivity index (χ4v) is 4.64. The highest BCUT2D eigenvalue weighted by molar-refractivity contribution is 5.97. The largest absolute Gasteiger partial charge is 0.487 e. The number of aryl methyl sites for hydroxylation is 1. The molecule has 1 atom stereocenters. The fraction of sp³-hybridized carbons (Fsp3) is 0.400. The van der Waals surface area contributed by atoms with Gasteiger partial charge in [0.05, 0.1) is 11.6 Å². The summed E-state index contributed by atoms with van der Waals surface area (Å²) >= 11 is 0. The second-order valence-electron chi connectivity index (χ2n) is 8.87. The molecule has 0 radical (unpaired) electrons. The van der Waals surface area contributed by atoms with Crippen molar-refractivity contribution < 1.29 is 18.8 Å². The van der Waals surface area contributed by atoms with Gasteiger partial charge in [0.15, 0.2) is 6.61 Å². The molecule has 8 heteroatoms. The molecule has 0 unspecified atom stereocenters. The van der Waals surface area contributed by atoms with E-state index in [4.69, 9.17) is 14.0 Å². The first-order chi connectivity index (χ1) is 16.0. The normalized spacial score (nSPS) is 19.5. The van der Waals surface area contributed by atoms with Crippen LogP contribution in [0.25, 0.3) is 0 Å². The van der Waals surface area contributed by atoms with Crippen LogP contribution in [-0.4, -0.2) is 46.7 Å². The Morgan fingerprint density at radius 1 is 1.18 bits per heavy atom. The van der Waals surface area contributed by atoms with Crippen molar-refractivity contribution >= 4 is 5.91 Å². The Morgan fingerprint density at radius 3 is 2.73 bits per heavy atom. The lowest BCUT2D eigenvalue weighted by molar-refractivity contribution is -0.0195. The lowest BCUT2D eigenvalue weighted by atomic mass is 9.80. The topological polar surface area (TPSA) is 89.7 Å². The number of nitrogens with zero attached hydrogens (tertiary/aromatic N) is 3. The molecule has 1 N–H and O–H groups in total. The molecule has 2 aromatic carbocycles. The minimum absolute atomic E-state index is 0.123. The Hall–Kier alpha value is -3.39. The van der Waals surface area contributed by atoms with Gasteiger partial charge in [-0.2, -0.15) is 4.98 Å². The van der Waals surface area contributed by atoms with Gasteiger partial charge in [0.1, 0.15) is 17.1 Å². The number of fused-ring (bicyclic) bond motifs is 1. The minimum Gasteiger partial charge on any atom is -0.487 e. The zero-order valence-corrected chi connectivity index (χ0v) is 18.9. The number of hydrogen-bond donors (Lipinski definition) is 1. The number of para-hydroxylation sites is 2. The Morgan fingerprint density at radius 2 is 1.94 bits per heavy atom. The van der Waals surface area contributed by atoms with Crippen molar-refractivity contribution in [3.63, 3.8) is 0 Å². The summed E-state index contributed by atoms with van der Waals surface area (Å²) in [6.07, 6.45) is 2.62. The predicted octanol–water partition coefficient (Wildman–Crippen LogP) is 3.68. The van der Waals surface area contributed by atoms with E-state index in [2.05, 4.69) is 27.4 Å². The van der Waals surface area contributed by atoms with Crippen LogP contribution >= 0.6 is 0 Å². The summed E-state index contributed by atoms with van der Waals surface area (Å²) in [5.74, 6) is 2.06. The highest BCUT2D eigenvalue weighted by Gasteiger charge is 2.43. The number of carbonyl (C=O) groups excluding carboxylic acids is 1. The molecule has 0 aliphatic carbocycles. The quantitative estimate of drug-likeness (QED) is 0.637. The fourth-order valence-electron chi connectivity index (χ4n) is 4.64. The van der Waals surface area contributed by atoms with Crippen LogP contribution in [0.5, 0.6) is 11.5 Å². The van der Waals surface area contributed by atoms with Gasteiger partial charge in [-0.25, -0.2) is 0 Å². The number of carbonyl (C=O) groups is 1. The number of nitrogens with one attached hydrogen (secondary N) is 1. The standard InChI is InChI=1S/C25H28N4O4/c1-17-26-23(28-33-17)16-31-21-9-5-4-8-19(21)24(30)27-20-15-25(11-13-29(2)14-12-25)32-22-10-6-3-7-18(20)22/h3-10,20H,11-16H2,1-2H3,(H,27,30)/t20-/m1/s1. The molecule has 172 valence electrons. The second kappa shape index (κ2) is 8.86. The van der Waals surface area contributed by atoms with E-state index >= 15 is 0 Å². The van der Waals surface area contributed by atoms with Crippen LogP contribution < -0.4 is 14.8 Å². The molecule has 1 saturated heterocycles. The Labute approximate surface area is 192 Å². The van der Waals surface area contributed by atoms with Gasteiger partial charge in [-0.1, -0.05) is 35.5 Å². The zero-order valence-electron chi connectivity index (χ0n) is 18.9. The monoisotopic (exact) mass is 448 g/mol. The van der Waals surface area contributed by atoms with Crippen molar-refractivity contribution in [3.8, 4) is 11.5 Å². The van der Waals surface area contributed by atoms with Crippen LogP contribution in [0.2, 0.25) is 0 Å². The van der Waals surface area contributed by atoms with E-state index in [9.17, 15) is 4.79 Å². The number of hydrogen-bond acceptors (Lipinski definition) is 7. The summed E-state index contributed by atoms with van der Waals surface area (Å²) in [5.41, 5.74) is 1.22. The number of benzene rings is 2. The Kier molecular flexibility index (Phi) is 5.76. The van der Waals surface area contributed by atoms with E-state index in [1.807, 2.05) is 36.4 Å². The summed E-state index contributed by atoms with van der Waals surface area (Å²) in [6, 6.07) is 15.1. The van der Waals surface area contributed by atoms with Crippen molar-refractivity contribution in [1.82, 2.24) is 20.4 Å². The zero-order chi connectivity index (χ0) is 22.8. The van der Waals surface area contributed by atoms with Gasteiger partial charge in [-0.3, -0.25) is 4.79 Å². The van der Waals surface area contributed by atoms with E-state index in [0.717, 1.165) is 43.7 Å². The van der Waals surface area contributed by atoms with Crippen molar-refractivity contribution in [2.45, 2.75) is 44.4 Å². The molecule has 1 spiro atoms. The summed E-state index contributed by atoms with van der Waals surface area (Å²) in [7, 11) is 2.13. The highest BCUT2D eigenvalue weighted by atomic mass is 16.5. The van der Waals surface area contributed by atoms with Gasteiger partial charge < -0.3 is 24.2 Å². The van der Waals surface area contributed by atoms with Gasteiger partial charge in [0.25, 0.3) is 5.91 Å². The van der Waals surface area contributed by atoms with E-state index in [0.29, 0.717) is 23.0 Å². The molecule has 0 bridgehead atoms. The van der Waals surface area contributed by atoms with Gasteiger partial charge in [-0.15, -0.1) is 0 Å². The molecular weight excluding hydrogens is 420 g/mol. The molecule has 8 nitrogen and oxygen atoms in total. The number of rotatable bonds is 5. The minimum atomic E-state index is -0.259. The molecule has 33 heavy (non-hydrogen) atoms. The number of amides is 1. The van der Waals surface area contributed by atoms with Crippen LogP contribution in [0, 0.1) is 6.92 Å². The lowest BCUT2D eigenvalue weighted by Gasteiger charge is -2.46. The van der Waals surface area contributed by atoms with Crippen LogP contribution in [0.3, 0.4) is 0 Å². The molecule has 2 aliphatic rings. The first kappa shape index (κ1) is 21.5. The first-order valence-corrected chi connectivity index (χ1v) is 11.3. The third-order valence-corrected chi connectivity index (χ3v) is 6.46. The maximum absolute atomic E-state index is 13.4. The van der Waals surface area contributed by atoms with Crippen molar-refractivity contribution in [2.75, 3.05) is 20.1 Å². The number of ether oxygens (including phenoxy) is 2. The van der Waals surface area contributed by atoms with Crippen molar-refractivity contribution in [3.05, 3.63) is 71.4 Å². The second-order valence-corrected chi connectivity index (χ2v) is 8.87. The van der Waals surface area contributed by atoms with Gasteiger partial charge >= 0.3 is 0 Å². The van der Waals surface area contributed by atoms with E-state index in [1.54, 1.807) is 19.1 Å². The number of likely N-dealkylation sites (tertiary alicyclic amines) is 1. The van der Waals surface area contributed by atoms with Crippen LogP contribution in [0.4, 0.5) is 0 Å². The van der Waals surface area contributed by atoms with Gasteiger partial charge in [-0.05, 0) is 38.1 Å². The number of aromatic nitrogens is 2. The summed E-state index contributed by atoms with van der Waals surface area (Å²) in [4.78, 5) is 19.9. The SMILES string of the molecule is Cc1nc(COc2ccccc2C(=O)N[C@@H]2CC3(CCN(C)CC3)Oc3ccccc32)no1. The molecule has 0 saturated carbocycles. The molecule has 1 amide bonds. The predicted molar refractivity (Wildman–Crippen MR) is 121 cm³/mol. The Balaban J connectivity index is 1.36. The molecule has 3 heterocycles. The highest BCUT2D eigenvalue weighted by Crippen LogP contribution is 2.44. The smallest absolute Gasteiger partial charge is 0.255 e. The molecule has 1 aromatic heterocycles. The number of piperidine rings is 1. The van der Waals surface area contributed by atoms with Crippen LogP contribution in [0.1, 0.15) is 52.9 Å². The van der Waals surface area contributed by atoms with E-state index in [1.165, 1.54) is 0 Å². The average molecular weight is 449 g/mol. The average Bonchev–Trinajstić information content (AvgIpc) is 3.25. The summed E-state index contributed by atoms with van der Waals surface area (Å²) < 4.78 is 17.4. The maximum Gasteiger partial charge on any atom is 0.255 e. The molecule has 2 aliphatic heterocycles. The molecular formula is C25H28N4O4. The van der Waals surface area contributed by atoms with Gasteiger partial charge in [0, 0.05) is 32.0 Å². The van der Waals surface area contributed by atoms with Crippen molar-refractivity contribution in [2.24, 2.45) is 0 Å². The third kappa shape index (κ3) is 4.57. The van der Waals surface area contributed by atoms with E-state index in [-0.39, 0.29) is 24.2 Å². The first-order valence-electron chi connectivity index (χ1n) is 11.3. The van der Waals surface area contributed by atoms with Gasteiger partial charge in [0.2, 0.25) is 11.7 Å². The van der Waals surface area contributed by atoms with Crippen molar-refractivity contribution in [1.29, 1.82) is 0 Å². The summed E-state index contributed by atoms with van der Waals surface area (Å²) in [5, 5.41) is 7.10. The Bertz CT molecular complexity index is 1140. The lowest BCUT2D eigenvalue weighted by Crippen LogP contribution is -2.51. The maximum atomic E-state index is 13.4. The molecule has 1 fully saturated rings. The van der Waals surface area contributed by atoms with Crippen LogP contribution in [-0.2, 0) is 6.61 Å².